The molecule has 0 aromatic carbocycles. The van der Waals surface area contributed by atoms with Gasteiger partial charge in [0.05, 0.1) is 52.9 Å². The van der Waals surface area contributed by atoms with Gasteiger partial charge in [0.2, 0.25) is 0 Å². The monoisotopic (exact) mass is 352 g/mol. The number of hydrogen-bond acceptors (Lipinski definition) is 6. The second kappa shape index (κ2) is 16.2. The van der Waals surface area contributed by atoms with Crippen LogP contribution in [0.2, 0.25) is 0 Å². The zero-order valence-corrected chi connectivity index (χ0v) is 15.3. The van der Waals surface area contributed by atoms with E-state index in [1.54, 1.807) is 14.2 Å². The van der Waals surface area contributed by atoms with Crippen LogP contribution >= 0.6 is 0 Å². The zero-order valence-electron chi connectivity index (χ0n) is 15.3. The van der Waals surface area contributed by atoms with Gasteiger partial charge in [-0.05, 0) is 0 Å². The molecule has 1 heterocycles. The fourth-order valence-corrected chi connectivity index (χ4v) is 2.46. The van der Waals surface area contributed by atoms with Crippen LogP contribution in [0, 0.1) is 0 Å². The van der Waals surface area contributed by atoms with Crippen molar-refractivity contribution in [1.29, 1.82) is 0 Å². The molecular weight excluding hydrogens is 316 g/mol. The maximum Gasteiger partial charge on any atom is 0.181 e. The summed E-state index contributed by atoms with van der Waals surface area (Å²) in [4.78, 5) is 2.64. The first-order chi connectivity index (χ1) is 11.9. The van der Waals surface area contributed by atoms with Crippen molar-refractivity contribution in [3.8, 4) is 0 Å². The third-order valence-corrected chi connectivity index (χ3v) is 3.84. The fourth-order valence-electron chi connectivity index (χ4n) is 2.46. The highest BCUT2D eigenvalue weighted by Crippen LogP contribution is 1.79. The van der Waals surface area contributed by atoms with Gasteiger partial charge in [0.15, 0.2) is 13.5 Å². The Labute approximate surface area is 145 Å². The molecule has 1 rings (SSSR count). The van der Waals surface area contributed by atoms with Gasteiger partial charge >= 0.3 is 0 Å². The molecule has 8 heteroatoms. The Bertz CT molecular complexity index is 227. The SMILES string of the molecule is COC[NH+]1CCOCCOCC[NH+](COC)CCOCCOCC1. The van der Waals surface area contributed by atoms with Gasteiger partial charge in [-0.3, -0.25) is 0 Å². The molecule has 0 atom stereocenters. The molecule has 1 saturated heterocycles. The average Bonchev–Trinajstić information content (AvgIpc) is 2.58. The number of rotatable bonds is 4. The van der Waals surface area contributed by atoms with Crippen LogP contribution in [-0.2, 0) is 28.4 Å². The Morgan fingerprint density at radius 1 is 0.542 bits per heavy atom. The highest BCUT2D eigenvalue weighted by molar-refractivity contribution is 4.37. The van der Waals surface area contributed by atoms with Crippen molar-refractivity contribution in [2.75, 3.05) is 107 Å². The van der Waals surface area contributed by atoms with Crippen molar-refractivity contribution >= 4 is 0 Å². The van der Waals surface area contributed by atoms with Crippen molar-refractivity contribution < 1.29 is 38.2 Å². The summed E-state index contributed by atoms with van der Waals surface area (Å²) in [6.07, 6.45) is 0. The van der Waals surface area contributed by atoms with E-state index >= 15 is 0 Å². The Hall–Kier alpha value is -0.320. The summed E-state index contributed by atoms with van der Waals surface area (Å²) in [5, 5.41) is 0. The van der Waals surface area contributed by atoms with Crippen LogP contribution in [0.3, 0.4) is 0 Å². The molecule has 1 aliphatic heterocycles. The summed E-state index contributed by atoms with van der Waals surface area (Å²) in [6, 6.07) is 0. The standard InChI is InChI=1S/C16H34N2O6/c1-19-15-17-3-7-21-11-13-23-9-5-18(16-20-2)6-10-24-14-12-22-8-4-17/h3-16H2,1-2H3/p+2. The summed E-state index contributed by atoms with van der Waals surface area (Å²) in [5.74, 6) is 0. The van der Waals surface area contributed by atoms with Gasteiger partial charge in [-0.2, -0.15) is 0 Å². The lowest BCUT2D eigenvalue weighted by Gasteiger charge is -2.20. The number of quaternary nitrogens is 2. The van der Waals surface area contributed by atoms with Crippen LogP contribution in [0.15, 0.2) is 0 Å². The quantitative estimate of drug-likeness (QED) is 0.564. The molecule has 0 aromatic heterocycles. The minimum atomic E-state index is 0.624. The molecule has 1 fully saturated rings. The van der Waals surface area contributed by atoms with Crippen molar-refractivity contribution in [2.45, 2.75) is 0 Å². The van der Waals surface area contributed by atoms with Crippen LogP contribution in [0.4, 0.5) is 0 Å². The summed E-state index contributed by atoms with van der Waals surface area (Å²) >= 11 is 0. The van der Waals surface area contributed by atoms with E-state index in [0.717, 1.165) is 26.2 Å². The van der Waals surface area contributed by atoms with Crippen LogP contribution in [0.5, 0.6) is 0 Å². The fraction of sp³-hybridized carbons (Fsp3) is 1.00. The van der Waals surface area contributed by atoms with Gasteiger partial charge < -0.3 is 38.2 Å². The molecule has 0 radical (unpaired) electrons. The minimum Gasteiger partial charge on any atom is -0.373 e. The summed E-state index contributed by atoms with van der Waals surface area (Å²) < 4.78 is 33.0. The number of nitrogens with one attached hydrogen (secondary N) is 2. The first kappa shape index (κ1) is 21.7. The predicted octanol–water partition coefficient (Wildman–Crippen LogP) is -2.96. The maximum absolute atomic E-state index is 5.64. The van der Waals surface area contributed by atoms with Crippen LogP contribution in [-0.4, -0.2) is 107 Å². The van der Waals surface area contributed by atoms with E-state index in [4.69, 9.17) is 28.4 Å². The van der Waals surface area contributed by atoms with E-state index < -0.39 is 0 Å². The van der Waals surface area contributed by atoms with Gasteiger partial charge in [-0.15, -0.1) is 0 Å². The smallest absolute Gasteiger partial charge is 0.181 e. The van der Waals surface area contributed by atoms with E-state index in [0.29, 0.717) is 66.3 Å². The van der Waals surface area contributed by atoms with Gasteiger partial charge in [-0.25, -0.2) is 0 Å². The van der Waals surface area contributed by atoms with Gasteiger partial charge in [0, 0.05) is 14.2 Å². The molecular formula is C16H36N2O6+2. The largest absolute Gasteiger partial charge is 0.373 e. The van der Waals surface area contributed by atoms with E-state index in [2.05, 4.69) is 0 Å². The minimum absolute atomic E-state index is 0.624. The van der Waals surface area contributed by atoms with Gasteiger partial charge in [0.25, 0.3) is 0 Å². The molecule has 8 nitrogen and oxygen atoms in total. The number of methoxy groups -OCH3 is 2. The molecule has 1 aliphatic rings. The topological polar surface area (TPSA) is 64.3 Å². The van der Waals surface area contributed by atoms with E-state index in [1.807, 2.05) is 0 Å². The average molecular weight is 352 g/mol. The molecule has 0 bridgehead atoms. The van der Waals surface area contributed by atoms with Crippen molar-refractivity contribution in [3.63, 3.8) is 0 Å². The van der Waals surface area contributed by atoms with E-state index in [9.17, 15) is 0 Å². The first-order valence-electron chi connectivity index (χ1n) is 8.82. The third kappa shape index (κ3) is 12.1. The first-order valence-corrected chi connectivity index (χ1v) is 8.82. The highest BCUT2D eigenvalue weighted by atomic mass is 16.5. The predicted molar refractivity (Wildman–Crippen MR) is 88.4 cm³/mol. The van der Waals surface area contributed by atoms with Crippen LogP contribution in [0.25, 0.3) is 0 Å². The molecule has 0 amide bonds. The number of ether oxygens (including phenoxy) is 6. The summed E-state index contributed by atoms with van der Waals surface area (Å²) in [6.45, 7) is 10.2. The molecule has 2 N–H and O–H groups in total. The molecule has 0 unspecified atom stereocenters. The lowest BCUT2D eigenvalue weighted by atomic mass is 10.5. The molecule has 24 heavy (non-hydrogen) atoms. The summed E-state index contributed by atoms with van der Waals surface area (Å²) in [7, 11) is 3.44. The Balaban J connectivity index is 2.29. The van der Waals surface area contributed by atoms with Crippen molar-refractivity contribution in [2.24, 2.45) is 0 Å². The third-order valence-electron chi connectivity index (χ3n) is 3.84. The van der Waals surface area contributed by atoms with E-state index in [-0.39, 0.29) is 0 Å². The second-order valence-corrected chi connectivity index (χ2v) is 5.82. The lowest BCUT2D eigenvalue weighted by Crippen LogP contribution is -3.13. The van der Waals surface area contributed by atoms with E-state index in [1.165, 1.54) is 9.80 Å². The molecule has 0 saturated carbocycles. The van der Waals surface area contributed by atoms with Crippen LogP contribution in [0.1, 0.15) is 0 Å². The van der Waals surface area contributed by atoms with Gasteiger partial charge in [0.1, 0.15) is 26.2 Å². The highest BCUT2D eigenvalue weighted by Gasteiger charge is 2.10. The Morgan fingerprint density at radius 2 is 0.833 bits per heavy atom. The normalized spacial score (nSPS) is 27.2. The lowest BCUT2D eigenvalue weighted by molar-refractivity contribution is -0.920. The molecule has 0 aromatic rings. The van der Waals surface area contributed by atoms with Crippen molar-refractivity contribution in [3.05, 3.63) is 0 Å². The number of hydrogen-bond donors (Lipinski definition) is 2. The molecule has 0 spiro atoms. The zero-order chi connectivity index (χ0) is 17.3. The molecule has 144 valence electrons. The molecule has 0 aliphatic carbocycles. The summed E-state index contributed by atoms with van der Waals surface area (Å²) in [5.41, 5.74) is 0. The van der Waals surface area contributed by atoms with Crippen LogP contribution < -0.4 is 9.80 Å². The van der Waals surface area contributed by atoms with Crippen molar-refractivity contribution in [1.82, 2.24) is 0 Å². The Morgan fingerprint density at radius 3 is 1.08 bits per heavy atom. The maximum atomic E-state index is 5.64. The second-order valence-electron chi connectivity index (χ2n) is 5.82. The van der Waals surface area contributed by atoms with Gasteiger partial charge in [-0.1, -0.05) is 0 Å². The Kier molecular flexibility index (Phi) is 14.6.